The summed E-state index contributed by atoms with van der Waals surface area (Å²) in [5.41, 5.74) is 1.41. The second-order valence-electron chi connectivity index (χ2n) is 8.53. The van der Waals surface area contributed by atoms with Gasteiger partial charge in [-0.3, -0.25) is 4.79 Å². The van der Waals surface area contributed by atoms with Crippen LogP contribution in [-0.4, -0.2) is 70.6 Å². The molecule has 2 fully saturated rings. The normalized spacial score (nSPS) is 21.3. The summed E-state index contributed by atoms with van der Waals surface area (Å²) in [6, 6.07) is 10.8. The van der Waals surface area contributed by atoms with E-state index in [9.17, 15) is 4.79 Å². The molecule has 0 bridgehead atoms. The largest absolute Gasteiger partial charge is 0.473 e. The fourth-order valence-corrected chi connectivity index (χ4v) is 4.28. The van der Waals surface area contributed by atoms with Crippen molar-refractivity contribution in [3.63, 3.8) is 0 Å². The Hall–Kier alpha value is -2.41. The molecule has 2 aliphatic heterocycles. The Morgan fingerprint density at radius 1 is 1.00 bits per heavy atom. The molecule has 1 amide bonds. The summed E-state index contributed by atoms with van der Waals surface area (Å²) < 4.78 is 0. The Labute approximate surface area is 178 Å². The van der Waals surface area contributed by atoms with Gasteiger partial charge in [-0.1, -0.05) is 44.2 Å². The highest BCUT2D eigenvalue weighted by Crippen LogP contribution is 2.25. The number of benzene rings is 1. The SMILES string of the molecule is CC1CCCN(C(=O)C2CCN(CC(C)c3ccccc3)CC2)C1.O=C(O)C(=O)O. The predicted molar refractivity (Wildman–Crippen MR) is 114 cm³/mol. The topological polar surface area (TPSA) is 98.2 Å². The van der Waals surface area contributed by atoms with Crippen molar-refractivity contribution in [2.45, 2.75) is 45.4 Å². The summed E-state index contributed by atoms with van der Waals surface area (Å²) in [6.45, 7) is 9.77. The van der Waals surface area contributed by atoms with Crippen LogP contribution in [0.25, 0.3) is 0 Å². The zero-order valence-electron chi connectivity index (χ0n) is 18.0. The molecule has 7 nitrogen and oxygen atoms in total. The van der Waals surface area contributed by atoms with Gasteiger partial charge in [0.1, 0.15) is 0 Å². The molecule has 2 saturated heterocycles. The van der Waals surface area contributed by atoms with Gasteiger partial charge in [-0.25, -0.2) is 9.59 Å². The Morgan fingerprint density at radius 3 is 2.13 bits per heavy atom. The summed E-state index contributed by atoms with van der Waals surface area (Å²) in [7, 11) is 0. The molecule has 0 saturated carbocycles. The van der Waals surface area contributed by atoms with Crippen LogP contribution in [0, 0.1) is 11.8 Å². The van der Waals surface area contributed by atoms with Crippen molar-refractivity contribution in [2.24, 2.45) is 11.8 Å². The third kappa shape index (κ3) is 7.44. The smallest absolute Gasteiger partial charge is 0.414 e. The third-order valence-electron chi connectivity index (χ3n) is 5.99. The molecular weight excluding hydrogens is 384 g/mol. The van der Waals surface area contributed by atoms with E-state index in [1.54, 1.807) is 0 Å². The molecule has 0 radical (unpaired) electrons. The molecule has 2 heterocycles. The summed E-state index contributed by atoms with van der Waals surface area (Å²) in [5, 5.41) is 14.8. The summed E-state index contributed by atoms with van der Waals surface area (Å²) >= 11 is 0. The molecule has 0 spiro atoms. The molecular formula is C23H34N2O5. The van der Waals surface area contributed by atoms with Crippen LogP contribution >= 0.6 is 0 Å². The average Bonchev–Trinajstić information content (AvgIpc) is 2.75. The third-order valence-corrected chi connectivity index (χ3v) is 5.99. The van der Waals surface area contributed by atoms with Crippen LogP contribution in [0.2, 0.25) is 0 Å². The summed E-state index contributed by atoms with van der Waals surface area (Å²) in [6.07, 6.45) is 4.52. The summed E-state index contributed by atoms with van der Waals surface area (Å²) in [4.78, 5) is 35.6. The van der Waals surface area contributed by atoms with Crippen LogP contribution in [0.1, 0.15) is 51.0 Å². The van der Waals surface area contributed by atoms with Crippen LogP contribution in [0.3, 0.4) is 0 Å². The van der Waals surface area contributed by atoms with Gasteiger partial charge in [0.2, 0.25) is 5.91 Å². The number of amides is 1. The second kappa shape index (κ2) is 11.7. The van der Waals surface area contributed by atoms with Gasteiger partial charge in [-0.05, 0) is 56.2 Å². The Morgan fingerprint density at radius 2 is 1.60 bits per heavy atom. The molecule has 1 aromatic carbocycles. The number of carboxylic acid groups (broad SMARTS) is 2. The van der Waals surface area contributed by atoms with Gasteiger partial charge in [0, 0.05) is 25.6 Å². The molecule has 1 aromatic rings. The molecule has 2 N–H and O–H groups in total. The predicted octanol–water partition coefficient (Wildman–Crippen LogP) is 2.92. The minimum Gasteiger partial charge on any atom is -0.473 e. The van der Waals surface area contributed by atoms with Gasteiger partial charge < -0.3 is 20.0 Å². The zero-order valence-corrected chi connectivity index (χ0v) is 18.0. The minimum atomic E-state index is -1.82. The van der Waals surface area contributed by atoms with Crippen LogP contribution < -0.4 is 0 Å². The standard InChI is InChI=1S/C21H32N2O.C2H2O4/c1-17-7-6-12-23(15-17)21(24)20-10-13-22(14-11-20)16-18(2)19-8-4-3-5-9-19;3-1(4)2(5)6/h3-5,8-9,17-18,20H,6-7,10-16H2,1-2H3;(H,3,4)(H,5,6). The number of carbonyl (C=O) groups excluding carboxylic acids is 1. The van der Waals surface area contributed by atoms with Crippen molar-refractivity contribution >= 4 is 17.8 Å². The maximum absolute atomic E-state index is 12.8. The number of rotatable bonds is 4. The zero-order chi connectivity index (χ0) is 22.1. The summed E-state index contributed by atoms with van der Waals surface area (Å²) in [5.74, 6) is -1.73. The van der Waals surface area contributed by atoms with Gasteiger partial charge in [-0.15, -0.1) is 0 Å². The number of aliphatic carboxylic acids is 2. The fourth-order valence-electron chi connectivity index (χ4n) is 4.28. The Bertz CT molecular complexity index is 689. The first-order valence-corrected chi connectivity index (χ1v) is 10.8. The van der Waals surface area contributed by atoms with E-state index < -0.39 is 11.9 Å². The molecule has 2 aliphatic rings. The monoisotopic (exact) mass is 418 g/mol. The van der Waals surface area contributed by atoms with Crippen LogP contribution in [-0.2, 0) is 14.4 Å². The van der Waals surface area contributed by atoms with E-state index >= 15 is 0 Å². The number of piperidine rings is 2. The van der Waals surface area contributed by atoms with Gasteiger partial charge in [0.05, 0.1) is 0 Å². The maximum Gasteiger partial charge on any atom is 0.414 e. The Kier molecular flexibility index (Phi) is 9.30. The molecule has 0 aromatic heterocycles. The van der Waals surface area contributed by atoms with E-state index in [4.69, 9.17) is 19.8 Å². The van der Waals surface area contributed by atoms with E-state index in [1.165, 1.54) is 18.4 Å². The van der Waals surface area contributed by atoms with E-state index in [0.717, 1.165) is 45.6 Å². The minimum absolute atomic E-state index is 0.263. The van der Waals surface area contributed by atoms with Gasteiger partial charge >= 0.3 is 11.9 Å². The molecule has 30 heavy (non-hydrogen) atoms. The molecule has 3 rings (SSSR count). The number of nitrogens with zero attached hydrogens (tertiary/aromatic N) is 2. The lowest BCUT2D eigenvalue weighted by molar-refractivity contribution is -0.159. The van der Waals surface area contributed by atoms with Gasteiger partial charge in [0.25, 0.3) is 0 Å². The lowest BCUT2D eigenvalue weighted by Gasteiger charge is -2.37. The second-order valence-corrected chi connectivity index (χ2v) is 8.53. The quantitative estimate of drug-likeness (QED) is 0.730. The first-order chi connectivity index (χ1) is 14.3. The number of carboxylic acids is 2. The lowest BCUT2D eigenvalue weighted by atomic mass is 9.92. The van der Waals surface area contributed by atoms with Crippen molar-refractivity contribution in [1.29, 1.82) is 0 Å². The maximum atomic E-state index is 12.8. The highest BCUT2D eigenvalue weighted by molar-refractivity contribution is 6.27. The van der Waals surface area contributed by atoms with E-state index in [-0.39, 0.29) is 5.92 Å². The first kappa shape index (κ1) is 23.9. The lowest BCUT2D eigenvalue weighted by Crippen LogP contribution is -2.46. The number of hydrogen-bond acceptors (Lipinski definition) is 4. The number of hydrogen-bond donors (Lipinski definition) is 2. The van der Waals surface area contributed by atoms with Gasteiger partial charge in [0.15, 0.2) is 0 Å². The number of carbonyl (C=O) groups is 3. The Balaban J connectivity index is 0.000000469. The first-order valence-electron chi connectivity index (χ1n) is 10.8. The van der Waals surface area contributed by atoms with Crippen LogP contribution in [0.4, 0.5) is 0 Å². The molecule has 2 unspecified atom stereocenters. The van der Waals surface area contributed by atoms with Crippen molar-refractivity contribution < 1.29 is 24.6 Å². The van der Waals surface area contributed by atoms with Crippen molar-refractivity contribution in [2.75, 3.05) is 32.7 Å². The highest BCUT2D eigenvalue weighted by atomic mass is 16.4. The fraction of sp³-hybridized carbons (Fsp3) is 0.609. The van der Waals surface area contributed by atoms with E-state index in [1.807, 2.05) is 0 Å². The van der Waals surface area contributed by atoms with E-state index in [0.29, 0.717) is 17.7 Å². The molecule has 0 aliphatic carbocycles. The highest BCUT2D eigenvalue weighted by Gasteiger charge is 2.30. The molecule has 7 heteroatoms. The van der Waals surface area contributed by atoms with Crippen molar-refractivity contribution in [3.05, 3.63) is 35.9 Å². The molecule has 166 valence electrons. The van der Waals surface area contributed by atoms with Gasteiger partial charge in [-0.2, -0.15) is 0 Å². The average molecular weight is 419 g/mol. The van der Waals surface area contributed by atoms with Crippen molar-refractivity contribution in [3.8, 4) is 0 Å². The van der Waals surface area contributed by atoms with Crippen LogP contribution in [0.15, 0.2) is 30.3 Å². The van der Waals surface area contributed by atoms with Crippen molar-refractivity contribution in [1.82, 2.24) is 9.80 Å². The van der Waals surface area contributed by atoms with E-state index in [2.05, 4.69) is 54.0 Å². The van der Waals surface area contributed by atoms with Crippen LogP contribution in [0.5, 0.6) is 0 Å². The molecule has 2 atom stereocenters. The number of likely N-dealkylation sites (tertiary alicyclic amines) is 2.